The largest absolute Gasteiger partial charge is 0.489 e. The van der Waals surface area contributed by atoms with E-state index in [1.807, 2.05) is 42.6 Å². The van der Waals surface area contributed by atoms with Crippen LogP contribution in [0.4, 0.5) is 0 Å². The van der Waals surface area contributed by atoms with E-state index in [4.69, 9.17) is 20.0 Å². The number of hydrogen-bond acceptors (Lipinski definition) is 5. The quantitative estimate of drug-likeness (QED) is 0.771. The van der Waals surface area contributed by atoms with E-state index in [0.717, 1.165) is 54.0 Å². The number of nitriles is 2. The Morgan fingerprint density at radius 1 is 1.07 bits per heavy atom. The Morgan fingerprint density at radius 2 is 1.96 bits per heavy atom. The second-order valence-corrected chi connectivity index (χ2v) is 6.88. The highest BCUT2D eigenvalue weighted by atomic mass is 16.5. The average molecular weight is 357 g/mol. The van der Waals surface area contributed by atoms with Crippen LogP contribution in [0.2, 0.25) is 0 Å². The molecule has 0 spiro atoms. The van der Waals surface area contributed by atoms with Gasteiger partial charge in [-0.1, -0.05) is 18.2 Å². The summed E-state index contributed by atoms with van der Waals surface area (Å²) >= 11 is 0. The predicted octanol–water partition coefficient (Wildman–Crippen LogP) is 4.22. The molecule has 27 heavy (non-hydrogen) atoms. The second kappa shape index (κ2) is 7.61. The zero-order chi connectivity index (χ0) is 18.6. The Hall–Kier alpha value is -3.15. The smallest absolute Gasteiger partial charge is 0.205 e. The van der Waals surface area contributed by atoms with E-state index in [9.17, 15) is 0 Å². The molecule has 2 heterocycles. The molecule has 1 saturated heterocycles. The lowest BCUT2D eigenvalue weighted by atomic mass is 9.93. The summed E-state index contributed by atoms with van der Waals surface area (Å²) in [5.41, 5.74) is 4.14. The first-order valence-corrected chi connectivity index (χ1v) is 9.15. The number of aliphatic imine (C=N–C) groups is 1. The molecule has 2 atom stereocenters. The Kier molecular flexibility index (Phi) is 4.87. The molecule has 1 fully saturated rings. The summed E-state index contributed by atoms with van der Waals surface area (Å²) in [5, 5.41) is 18.3. The number of ether oxygens (including phenoxy) is 2. The van der Waals surface area contributed by atoms with Crippen LogP contribution in [0.3, 0.4) is 0 Å². The van der Waals surface area contributed by atoms with E-state index in [-0.39, 0.29) is 12.2 Å². The van der Waals surface area contributed by atoms with E-state index in [1.54, 1.807) is 6.07 Å². The van der Waals surface area contributed by atoms with Gasteiger partial charge in [-0.15, -0.1) is 0 Å². The van der Waals surface area contributed by atoms with Crippen LogP contribution in [0.1, 0.15) is 36.8 Å². The summed E-state index contributed by atoms with van der Waals surface area (Å²) < 4.78 is 11.9. The van der Waals surface area contributed by atoms with Crippen LogP contribution in [0.25, 0.3) is 11.1 Å². The van der Waals surface area contributed by atoms with Crippen molar-refractivity contribution < 1.29 is 9.47 Å². The molecule has 2 aliphatic rings. The molecule has 5 nitrogen and oxygen atoms in total. The summed E-state index contributed by atoms with van der Waals surface area (Å²) in [4.78, 5) is 4.07. The van der Waals surface area contributed by atoms with Gasteiger partial charge in [-0.05, 0) is 48.2 Å². The van der Waals surface area contributed by atoms with Gasteiger partial charge in [-0.25, -0.2) is 0 Å². The molecule has 2 aliphatic heterocycles. The molecule has 0 aromatic heterocycles. The molecule has 0 amide bonds. The number of nitrogens with zero attached hydrogens (tertiary/aromatic N) is 3. The SMILES string of the molecule is N#C/N=C1\CC(CC2CCCO2)Oc2ccc(-c3cccc(C#N)c3)cc21. The summed E-state index contributed by atoms with van der Waals surface area (Å²) in [7, 11) is 0. The van der Waals surface area contributed by atoms with Crippen LogP contribution in [-0.4, -0.2) is 24.5 Å². The van der Waals surface area contributed by atoms with Gasteiger partial charge in [0.05, 0.1) is 23.4 Å². The highest BCUT2D eigenvalue weighted by Crippen LogP contribution is 2.34. The van der Waals surface area contributed by atoms with Gasteiger partial charge < -0.3 is 9.47 Å². The van der Waals surface area contributed by atoms with Crippen LogP contribution < -0.4 is 4.74 Å². The zero-order valence-corrected chi connectivity index (χ0v) is 14.9. The molecule has 0 aliphatic carbocycles. The molecular formula is C22H19N3O2. The molecule has 2 aromatic rings. The van der Waals surface area contributed by atoms with E-state index in [1.165, 1.54) is 0 Å². The van der Waals surface area contributed by atoms with Crippen LogP contribution >= 0.6 is 0 Å². The van der Waals surface area contributed by atoms with Crippen LogP contribution in [0.15, 0.2) is 47.5 Å². The van der Waals surface area contributed by atoms with Gasteiger partial charge in [0.15, 0.2) is 0 Å². The first-order valence-electron chi connectivity index (χ1n) is 9.15. The monoisotopic (exact) mass is 357 g/mol. The Morgan fingerprint density at radius 3 is 2.74 bits per heavy atom. The topological polar surface area (TPSA) is 78.4 Å². The third-order valence-electron chi connectivity index (χ3n) is 5.06. The van der Waals surface area contributed by atoms with Crippen molar-refractivity contribution in [3.05, 3.63) is 53.6 Å². The van der Waals surface area contributed by atoms with E-state index in [2.05, 4.69) is 11.1 Å². The van der Waals surface area contributed by atoms with Gasteiger partial charge in [0.1, 0.15) is 11.9 Å². The summed E-state index contributed by atoms with van der Waals surface area (Å²) in [6, 6.07) is 15.5. The van der Waals surface area contributed by atoms with Crippen molar-refractivity contribution >= 4 is 5.71 Å². The van der Waals surface area contributed by atoms with Crippen LogP contribution in [0.5, 0.6) is 5.75 Å². The summed E-state index contributed by atoms with van der Waals surface area (Å²) in [6.07, 6.45) is 5.70. The second-order valence-electron chi connectivity index (χ2n) is 6.88. The number of rotatable bonds is 3. The fourth-order valence-corrected chi connectivity index (χ4v) is 3.77. The first kappa shape index (κ1) is 17.3. The molecule has 0 bridgehead atoms. The van der Waals surface area contributed by atoms with Crippen molar-refractivity contribution in [1.82, 2.24) is 0 Å². The Bertz CT molecular complexity index is 962. The van der Waals surface area contributed by atoms with Crippen molar-refractivity contribution in [3.63, 3.8) is 0 Å². The standard InChI is InChI=1S/C22H19N3O2/c23-13-15-3-1-4-16(9-15)17-6-7-22-20(10-17)21(25-14-24)12-19(27-22)11-18-5-2-8-26-18/h1,3-4,6-7,9-10,18-19H,2,5,8,11-12H2/b25-21+. The molecule has 2 unspecified atom stereocenters. The van der Waals surface area contributed by atoms with Gasteiger partial charge in [0, 0.05) is 25.0 Å². The Labute approximate surface area is 158 Å². The lowest BCUT2D eigenvalue weighted by molar-refractivity contribution is 0.0636. The number of hydrogen-bond donors (Lipinski definition) is 0. The average Bonchev–Trinajstić information content (AvgIpc) is 3.21. The van der Waals surface area contributed by atoms with Crippen LogP contribution in [-0.2, 0) is 4.74 Å². The minimum absolute atomic E-state index is 0.0273. The van der Waals surface area contributed by atoms with E-state index in [0.29, 0.717) is 12.0 Å². The molecule has 2 aromatic carbocycles. The third-order valence-corrected chi connectivity index (χ3v) is 5.06. The van der Waals surface area contributed by atoms with Crippen molar-refractivity contribution in [2.75, 3.05) is 6.61 Å². The third kappa shape index (κ3) is 3.69. The lowest BCUT2D eigenvalue weighted by Crippen LogP contribution is -2.30. The molecular weight excluding hydrogens is 338 g/mol. The molecule has 134 valence electrons. The fraction of sp³-hybridized carbons (Fsp3) is 0.318. The maximum Gasteiger partial charge on any atom is 0.205 e. The maximum atomic E-state index is 9.13. The van der Waals surface area contributed by atoms with Crippen LogP contribution in [0, 0.1) is 22.8 Å². The predicted molar refractivity (Wildman–Crippen MR) is 101 cm³/mol. The van der Waals surface area contributed by atoms with Gasteiger partial charge in [0.2, 0.25) is 6.19 Å². The zero-order valence-electron chi connectivity index (χ0n) is 14.9. The summed E-state index contributed by atoms with van der Waals surface area (Å²) in [6.45, 7) is 0.818. The van der Waals surface area contributed by atoms with E-state index >= 15 is 0 Å². The van der Waals surface area contributed by atoms with Gasteiger partial charge in [0.25, 0.3) is 0 Å². The Balaban J connectivity index is 1.65. The highest BCUT2D eigenvalue weighted by molar-refractivity contribution is 6.05. The van der Waals surface area contributed by atoms with Crippen molar-refractivity contribution in [1.29, 1.82) is 10.5 Å². The fourth-order valence-electron chi connectivity index (χ4n) is 3.77. The van der Waals surface area contributed by atoms with Crippen molar-refractivity contribution in [2.45, 2.75) is 37.9 Å². The van der Waals surface area contributed by atoms with Gasteiger partial charge >= 0.3 is 0 Å². The van der Waals surface area contributed by atoms with Crippen molar-refractivity contribution in [3.8, 4) is 29.1 Å². The first-order chi connectivity index (χ1) is 13.3. The molecule has 0 N–H and O–H groups in total. The number of fused-ring (bicyclic) bond motifs is 1. The minimum Gasteiger partial charge on any atom is -0.489 e. The highest BCUT2D eigenvalue weighted by Gasteiger charge is 2.29. The maximum absolute atomic E-state index is 9.13. The molecule has 4 rings (SSSR count). The molecule has 5 heteroatoms. The van der Waals surface area contributed by atoms with Gasteiger partial charge in [-0.2, -0.15) is 15.5 Å². The normalized spacial score (nSPS) is 22.5. The van der Waals surface area contributed by atoms with E-state index < -0.39 is 0 Å². The number of benzene rings is 2. The molecule has 0 radical (unpaired) electrons. The minimum atomic E-state index is -0.0273. The summed E-state index contributed by atoms with van der Waals surface area (Å²) in [5.74, 6) is 0.749. The molecule has 0 saturated carbocycles. The lowest BCUT2D eigenvalue weighted by Gasteiger charge is -2.28. The van der Waals surface area contributed by atoms with Crippen molar-refractivity contribution in [2.24, 2.45) is 4.99 Å². The van der Waals surface area contributed by atoms with Gasteiger partial charge in [-0.3, -0.25) is 0 Å².